The molecule has 0 aliphatic carbocycles. The van der Waals surface area contributed by atoms with Crippen LogP contribution in [0.15, 0.2) is 188 Å². The molecule has 0 unspecified atom stereocenters. The lowest BCUT2D eigenvalue weighted by atomic mass is 9.94. The van der Waals surface area contributed by atoms with Gasteiger partial charge in [0.1, 0.15) is 0 Å². The van der Waals surface area contributed by atoms with Crippen LogP contribution in [0.25, 0.3) is 64.3 Å². The van der Waals surface area contributed by atoms with Crippen molar-refractivity contribution in [1.29, 1.82) is 0 Å². The van der Waals surface area contributed by atoms with Gasteiger partial charge in [-0.15, -0.1) is 11.3 Å². The lowest BCUT2D eigenvalue weighted by Gasteiger charge is -2.31. The number of fused-ring (bicyclic) bond motifs is 4. The molecule has 1 aromatic heterocycles. The van der Waals surface area contributed by atoms with Crippen molar-refractivity contribution in [2.24, 2.45) is 0 Å². The molecule has 0 saturated heterocycles. The minimum atomic E-state index is 1.14. The second-order valence-electron chi connectivity index (χ2n) is 12.1. The Morgan fingerprint density at radius 1 is 0.333 bits per heavy atom. The van der Waals surface area contributed by atoms with Crippen LogP contribution in [-0.2, 0) is 0 Å². The topological polar surface area (TPSA) is 3.24 Å². The molecule has 9 aromatic rings. The highest BCUT2D eigenvalue weighted by molar-refractivity contribution is 7.26. The Kier molecular flexibility index (Phi) is 7.07. The molecule has 1 heterocycles. The molecule has 0 aliphatic rings. The van der Waals surface area contributed by atoms with Gasteiger partial charge in [0.25, 0.3) is 0 Å². The molecule has 0 spiro atoms. The summed E-state index contributed by atoms with van der Waals surface area (Å²) in [4.78, 5) is 2.51. The van der Waals surface area contributed by atoms with Crippen LogP contribution in [0.4, 0.5) is 17.1 Å². The molecule has 8 aromatic carbocycles. The van der Waals surface area contributed by atoms with E-state index in [9.17, 15) is 0 Å². The number of thiophene rings is 1. The number of hydrogen-bond donors (Lipinski definition) is 0. The van der Waals surface area contributed by atoms with Crippen LogP contribution in [0.5, 0.6) is 0 Å². The summed E-state index contributed by atoms with van der Waals surface area (Å²) >= 11 is 1.86. The molecule has 0 amide bonds. The Hall–Kier alpha value is -5.96. The van der Waals surface area contributed by atoms with E-state index in [0.29, 0.717) is 0 Å². The average Bonchev–Trinajstić information content (AvgIpc) is 3.55. The largest absolute Gasteiger partial charge is 0.309 e. The first-order valence-electron chi connectivity index (χ1n) is 16.4. The highest BCUT2D eigenvalue weighted by Gasteiger charge is 2.24. The number of para-hydroxylation sites is 1. The zero-order valence-corrected chi connectivity index (χ0v) is 27.1. The summed E-state index contributed by atoms with van der Waals surface area (Å²) in [5.41, 5.74) is 10.6. The first-order valence-corrected chi connectivity index (χ1v) is 17.2. The van der Waals surface area contributed by atoms with Crippen molar-refractivity contribution in [3.8, 4) is 33.4 Å². The van der Waals surface area contributed by atoms with Crippen LogP contribution in [0.1, 0.15) is 0 Å². The Balaban J connectivity index is 1.38. The highest BCUT2D eigenvalue weighted by Crippen LogP contribution is 2.50. The predicted octanol–water partition coefficient (Wildman–Crippen LogP) is 13.7. The maximum Gasteiger partial charge on any atom is 0.0555 e. The molecule has 0 radical (unpaired) electrons. The Bertz CT molecular complexity index is 2560. The number of rotatable bonds is 6. The van der Waals surface area contributed by atoms with Crippen molar-refractivity contribution in [2.75, 3.05) is 4.90 Å². The van der Waals surface area contributed by atoms with Crippen LogP contribution in [-0.4, -0.2) is 0 Å². The Morgan fingerprint density at radius 2 is 0.917 bits per heavy atom. The van der Waals surface area contributed by atoms with E-state index in [-0.39, 0.29) is 0 Å². The average molecular weight is 630 g/mol. The van der Waals surface area contributed by atoms with E-state index in [1.54, 1.807) is 0 Å². The lowest BCUT2D eigenvalue weighted by Crippen LogP contribution is -2.13. The maximum absolute atomic E-state index is 2.51. The van der Waals surface area contributed by atoms with Gasteiger partial charge >= 0.3 is 0 Å². The third kappa shape index (κ3) is 4.95. The molecule has 9 rings (SSSR count). The van der Waals surface area contributed by atoms with Crippen molar-refractivity contribution in [1.82, 2.24) is 0 Å². The molecule has 0 N–H and O–H groups in total. The summed E-state index contributed by atoms with van der Waals surface area (Å²) in [5, 5.41) is 5.04. The molecule has 0 bridgehead atoms. The Morgan fingerprint density at radius 3 is 1.73 bits per heavy atom. The zero-order valence-electron chi connectivity index (χ0n) is 26.3. The maximum atomic E-state index is 2.51. The summed E-state index contributed by atoms with van der Waals surface area (Å²) in [7, 11) is 0. The first-order chi connectivity index (χ1) is 23.8. The lowest BCUT2D eigenvalue weighted by molar-refractivity contribution is 1.30. The van der Waals surface area contributed by atoms with Crippen LogP contribution < -0.4 is 4.90 Å². The summed E-state index contributed by atoms with van der Waals surface area (Å²) in [6, 6.07) is 68.3. The molecule has 1 nitrogen and oxygen atoms in total. The molecule has 0 atom stereocenters. The monoisotopic (exact) mass is 629 g/mol. The van der Waals surface area contributed by atoms with Crippen molar-refractivity contribution in [2.45, 2.75) is 0 Å². The second kappa shape index (κ2) is 12.0. The molecule has 226 valence electrons. The normalized spacial score (nSPS) is 11.3. The van der Waals surface area contributed by atoms with Gasteiger partial charge in [-0.1, -0.05) is 152 Å². The number of nitrogens with zero attached hydrogens (tertiary/aromatic N) is 1. The SMILES string of the molecule is c1ccc(-c2ccccc2N(c2cc(-c3ccc4ccccc4c3)ccc2-c2ccccc2)c2cccc3sc4ccccc4c23)cc1. The fourth-order valence-corrected chi connectivity index (χ4v) is 8.12. The summed E-state index contributed by atoms with van der Waals surface area (Å²) < 4.78 is 2.58. The molecule has 0 saturated carbocycles. The van der Waals surface area contributed by atoms with E-state index in [4.69, 9.17) is 0 Å². The fourth-order valence-electron chi connectivity index (χ4n) is 6.99. The summed E-state index contributed by atoms with van der Waals surface area (Å²) in [6.45, 7) is 0. The molecule has 2 heteroatoms. The van der Waals surface area contributed by atoms with Crippen LogP contribution in [0.2, 0.25) is 0 Å². The first kappa shape index (κ1) is 28.3. The quantitative estimate of drug-likeness (QED) is 0.177. The van der Waals surface area contributed by atoms with E-state index in [2.05, 4.69) is 193 Å². The van der Waals surface area contributed by atoms with Crippen LogP contribution >= 0.6 is 11.3 Å². The number of benzene rings is 8. The van der Waals surface area contributed by atoms with Crippen molar-refractivity contribution in [3.63, 3.8) is 0 Å². The van der Waals surface area contributed by atoms with Gasteiger partial charge in [-0.05, 0) is 69.4 Å². The standard InChI is InChI=1S/C46H31NS/c1-3-15-33(16-4-1)38-20-9-11-22-41(38)47(42-23-13-25-45-46(42)40-21-10-12-24-44(40)48-45)43-31-37(28-29-39(43)34-17-5-2-6-18-34)36-27-26-32-14-7-8-19-35(32)30-36/h1-31H. The second-order valence-corrected chi connectivity index (χ2v) is 13.2. The van der Waals surface area contributed by atoms with Gasteiger partial charge in [0.05, 0.1) is 17.1 Å². The minimum Gasteiger partial charge on any atom is -0.309 e. The van der Waals surface area contributed by atoms with Gasteiger partial charge in [-0.3, -0.25) is 0 Å². The van der Waals surface area contributed by atoms with E-state index >= 15 is 0 Å². The van der Waals surface area contributed by atoms with Crippen molar-refractivity contribution < 1.29 is 0 Å². The molecule has 0 aliphatic heterocycles. The zero-order chi connectivity index (χ0) is 31.9. The van der Waals surface area contributed by atoms with Crippen LogP contribution in [0.3, 0.4) is 0 Å². The van der Waals surface area contributed by atoms with Gasteiger partial charge in [0, 0.05) is 31.3 Å². The van der Waals surface area contributed by atoms with Gasteiger partial charge in [-0.25, -0.2) is 0 Å². The summed E-state index contributed by atoms with van der Waals surface area (Å²) in [5.74, 6) is 0. The van der Waals surface area contributed by atoms with E-state index in [1.807, 2.05) is 11.3 Å². The fraction of sp³-hybridized carbons (Fsp3) is 0. The van der Waals surface area contributed by atoms with Gasteiger partial charge in [0.2, 0.25) is 0 Å². The third-order valence-electron chi connectivity index (χ3n) is 9.26. The van der Waals surface area contributed by atoms with Gasteiger partial charge in [-0.2, -0.15) is 0 Å². The van der Waals surface area contributed by atoms with E-state index in [0.717, 1.165) is 11.4 Å². The number of hydrogen-bond acceptors (Lipinski definition) is 2. The third-order valence-corrected chi connectivity index (χ3v) is 10.4. The van der Waals surface area contributed by atoms with Gasteiger partial charge < -0.3 is 4.90 Å². The van der Waals surface area contributed by atoms with Crippen molar-refractivity contribution in [3.05, 3.63) is 188 Å². The smallest absolute Gasteiger partial charge is 0.0555 e. The highest BCUT2D eigenvalue weighted by atomic mass is 32.1. The predicted molar refractivity (Wildman–Crippen MR) is 208 cm³/mol. The van der Waals surface area contributed by atoms with Crippen LogP contribution in [0, 0.1) is 0 Å². The molecule has 0 fully saturated rings. The molecular formula is C46H31NS. The van der Waals surface area contributed by atoms with E-state index in [1.165, 1.54) is 70.0 Å². The molecular weight excluding hydrogens is 599 g/mol. The molecule has 48 heavy (non-hydrogen) atoms. The minimum absolute atomic E-state index is 1.14. The summed E-state index contributed by atoms with van der Waals surface area (Å²) in [6.07, 6.45) is 0. The Labute approximate surface area is 284 Å². The van der Waals surface area contributed by atoms with Gasteiger partial charge in [0.15, 0.2) is 0 Å². The number of anilines is 3. The van der Waals surface area contributed by atoms with E-state index < -0.39 is 0 Å². The van der Waals surface area contributed by atoms with Crippen molar-refractivity contribution >= 4 is 59.3 Å².